The molecule has 0 aromatic heterocycles. The summed E-state index contributed by atoms with van der Waals surface area (Å²) in [6.45, 7) is 6.48. The number of hydrogen-bond donors (Lipinski definition) is 0. The van der Waals surface area contributed by atoms with Gasteiger partial charge in [0.15, 0.2) is 6.10 Å². The number of unbranched alkanes of at least 4 members (excludes halogenated alkanes) is 29. The van der Waals surface area contributed by atoms with Crippen molar-refractivity contribution in [1.82, 2.24) is 0 Å². The molecule has 6 heteroatoms. The van der Waals surface area contributed by atoms with Gasteiger partial charge in [-0.1, -0.05) is 291 Å². The van der Waals surface area contributed by atoms with E-state index < -0.39 is 6.10 Å². The minimum Gasteiger partial charge on any atom is -0.462 e. The molecule has 1 atom stereocenters. The summed E-state index contributed by atoms with van der Waals surface area (Å²) in [5, 5.41) is 0. The molecule has 1 unspecified atom stereocenters. The number of rotatable bonds is 56. The Morgan fingerprint density at radius 3 is 0.824 bits per heavy atom. The molecule has 0 bridgehead atoms. The Labute approximate surface area is 457 Å². The van der Waals surface area contributed by atoms with E-state index in [1.807, 2.05) is 0 Å². The van der Waals surface area contributed by atoms with Gasteiger partial charge in [0.2, 0.25) is 0 Å². The Balaban J connectivity index is 4.04. The topological polar surface area (TPSA) is 78.9 Å². The van der Waals surface area contributed by atoms with Gasteiger partial charge in [-0.25, -0.2) is 0 Å². The molecule has 0 heterocycles. The van der Waals surface area contributed by atoms with Crippen LogP contribution in [0, 0.1) is 0 Å². The van der Waals surface area contributed by atoms with E-state index in [1.165, 1.54) is 148 Å². The van der Waals surface area contributed by atoms with Gasteiger partial charge in [-0.3, -0.25) is 14.4 Å². The maximum atomic E-state index is 12.8. The molecule has 74 heavy (non-hydrogen) atoms. The zero-order valence-electron chi connectivity index (χ0n) is 48.6. The fourth-order valence-corrected chi connectivity index (χ4v) is 8.69. The van der Waals surface area contributed by atoms with E-state index in [0.29, 0.717) is 19.3 Å². The molecule has 0 spiro atoms. The zero-order valence-corrected chi connectivity index (χ0v) is 48.6. The van der Waals surface area contributed by atoms with Gasteiger partial charge in [0, 0.05) is 19.3 Å². The smallest absolute Gasteiger partial charge is 0.306 e. The number of hydrogen-bond acceptors (Lipinski definition) is 6. The molecule has 0 aliphatic heterocycles. The summed E-state index contributed by atoms with van der Waals surface area (Å²) < 4.78 is 16.8. The minimum absolute atomic E-state index is 0.0747. The van der Waals surface area contributed by atoms with Gasteiger partial charge in [0.25, 0.3) is 0 Å². The Hall–Kier alpha value is -3.67. The molecule has 0 radical (unpaired) electrons. The summed E-state index contributed by atoms with van der Waals surface area (Å²) in [5.74, 6) is -0.880. The van der Waals surface area contributed by atoms with Crippen molar-refractivity contribution in [2.75, 3.05) is 13.2 Å². The predicted octanol–water partition coefficient (Wildman–Crippen LogP) is 21.3. The van der Waals surface area contributed by atoms with Crippen LogP contribution in [0.5, 0.6) is 0 Å². The summed E-state index contributed by atoms with van der Waals surface area (Å²) in [4.78, 5) is 37.9. The molecule has 0 saturated carbocycles. The van der Waals surface area contributed by atoms with E-state index in [4.69, 9.17) is 14.2 Å². The molecule has 0 aliphatic carbocycles. The standard InChI is InChI=1S/C68H116O6/c1-4-7-10-13-16-18-20-22-24-25-26-27-28-29-30-31-32-33-34-35-36-37-38-39-40-41-42-43-45-46-48-50-52-55-58-61-67(70)73-64-65(63-72-66(69)60-57-54-15-12-9-6-3)74-68(71)62-59-56-53-51-49-47-44-23-21-19-17-14-11-8-5-2/h7,10,16,18,22,24,26-27,29-30,32-33,35-36,38-39,65H,4-6,8-9,11-15,17,19-21,23,25,28,31,34,37,40-64H2,1-3H3/b10-7-,18-16-,24-22-,27-26-,30-29-,33-32-,36-35-,39-38-. The summed E-state index contributed by atoms with van der Waals surface area (Å²) >= 11 is 0. The Kier molecular flexibility index (Phi) is 58.8. The van der Waals surface area contributed by atoms with Crippen LogP contribution in [0.1, 0.15) is 297 Å². The van der Waals surface area contributed by atoms with Gasteiger partial charge in [0.1, 0.15) is 13.2 Å². The Bertz CT molecular complexity index is 1460. The predicted molar refractivity (Wildman–Crippen MR) is 320 cm³/mol. The van der Waals surface area contributed by atoms with Crippen LogP contribution in [0.4, 0.5) is 0 Å². The van der Waals surface area contributed by atoms with Crippen LogP contribution >= 0.6 is 0 Å². The van der Waals surface area contributed by atoms with Crippen molar-refractivity contribution in [3.63, 3.8) is 0 Å². The van der Waals surface area contributed by atoms with Crippen molar-refractivity contribution in [3.8, 4) is 0 Å². The molecule has 0 saturated heterocycles. The van der Waals surface area contributed by atoms with Crippen molar-refractivity contribution in [1.29, 1.82) is 0 Å². The maximum Gasteiger partial charge on any atom is 0.306 e. The molecule has 0 fully saturated rings. The lowest BCUT2D eigenvalue weighted by atomic mass is 10.0. The average Bonchev–Trinajstić information content (AvgIpc) is 3.40. The molecular formula is C68H116O6. The molecule has 0 rings (SSSR count). The highest BCUT2D eigenvalue weighted by atomic mass is 16.6. The fraction of sp³-hybridized carbons (Fsp3) is 0.721. The third-order valence-corrected chi connectivity index (χ3v) is 13.4. The second kappa shape index (κ2) is 61.9. The van der Waals surface area contributed by atoms with Crippen LogP contribution in [0.2, 0.25) is 0 Å². The van der Waals surface area contributed by atoms with Crippen molar-refractivity contribution < 1.29 is 28.6 Å². The molecule has 424 valence electrons. The van der Waals surface area contributed by atoms with Crippen molar-refractivity contribution in [3.05, 3.63) is 97.2 Å². The van der Waals surface area contributed by atoms with Gasteiger partial charge >= 0.3 is 17.9 Å². The average molecular weight is 1030 g/mol. The van der Waals surface area contributed by atoms with Crippen LogP contribution in [0.25, 0.3) is 0 Å². The maximum absolute atomic E-state index is 12.8. The SMILES string of the molecule is CC/C=C\C/C=C\C/C=C\C/C=C\C/C=C\C/C=C\C/C=C\C/C=C\CCCCCCCCCCCCC(=O)OCC(COC(=O)CCCCCCCC)OC(=O)CCCCCCCCCCCCCCCCC. The highest BCUT2D eigenvalue weighted by molar-refractivity contribution is 5.71. The third-order valence-electron chi connectivity index (χ3n) is 13.4. The number of ether oxygens (including phenoxy) is 3. The highest BCUT2D eigenvalue weighted by Crippen LogP contribution is 2.16. The number of carbonyl (C=O) groups excluding carboxylic acids is 3. The molecule has 0 aromatic carbocycles. The first-order valence-electron chi connectivity index (χ1n) is 31.2. The molecule has 0 aromatic rings. The number of carbonyl (C=O) groups is 3. The largest absolute Gasteiger partial charge is 0.462 e. The van der Waals surface area contributed by atoms with E-state index in [0.717, 1.165) is 109 Å². The molecule has 0 amide bonds. The Morgan fingerprint density at radius 1 is 0.284 bits per heavy atom. The first-order chi connectivity index (χ1) is 36.5. The Morgan fingerprint density at radius 2 is 0.527 bits per heavy atom. The van der Waals surface area contributed by atoms with Gasteiger partial charge in [0.05, 0.1) is 0 Å². The second-order valence-electron chi connectivity index (χ2n) is 20.6. The van der Waals surface area contributed by atoms with Crippen LogP contribution in [-0.2, 0) is 28.6 Å². The fourth-order valence-electron chi connectivity index (χ4n) is 8.69. The lowest BCUT2D eigenvalue weighted by Crippen LogP contribution is -2.30. The van der Waals surface area contributed by atoms with E-state index in [2.05, 4.69) is 118 Å². The first-order valence-corrected chi connectivity index (χ1v) is 31.2. The molecule has 0 aliphatic rings. The van der Waals surface area contributed by atoms with Gasteiger partial charge in [-0.05, 0) is 83.5 Å². The second-order valence-corrected chi connectivity index (χ2v) is 20.6. The summed E-state index contributed by atoms with van der Waals surface area (Å²) in [6.07, 6.45) is 83.1. The van der Waals surface area contributed by atoms with Gasteiger partial charge in [-0.2, -0.15) is 0 Å². The van der Waals surface area contributed by atoms with Crippen LogP contribution in [-0.4, -0.2) is 37.2 Å². The third kappa shape index (κ3) is 59.2. The summed E-state index contributed by atoms with van der Waals surface area (Å²) in [6, 6.07) is 0. The lowest BCUT2D eigenvalue weighted by molar-refractivity contribution is -0.167. The van der Waals surface area contributed by atoms with Crippen molar-refractivity contribution in [2.24, 2.45) is 0 Å². The first kappa shape index (κ1) is 70.3. The summed E-state index contributed by atoms with van der Waals surface area (Å²) in [5.41, 5.74) is 0. The highest BCUT2D eigenvalue weighted by Gasteiger charge is 2.19. The van der Waals surface area contributed by atoms with Gasteiger partial charge < -0.3 is 14.2 Å². The summed E-state index contributed by atoms with van der Waals surface area (Å²) in [7, 11) is 0. The van der Waals surface area contributed by atoms with Crippen LogP contribution < -0.4 is 0 Å². The molecular weight excluding hydrogens is 913 g/mol. The van der Waals surface area contributed by atoms with E-state index in [1.54, 1.807) is 0 Å². The number of allylic oxidation sites excluding steroid dienone is 16. The van der Waals surface area contributed by atoms with E-state index >= 15 is 0 Å². The zero-order chi connectivity index (χ0) is 53.6. The number of esters is 3. The lowest BCUT2D eigenvalue weighted by Gasteiger charge is -2.18. The monoisotopic (exact) mass is 1030 g/mol. The van der Waals surface area contributed by atoms with E-state index in [9.17, 15) is 14.4 Å². The van der Waals surface area contributed by atoms with Crippen LogP contribution in [0.15, 0.2) is 97.2 Å². The molecule has 6 nitrogen and oxygen atoms in total. The van der Waals surface area contributed by atoms with Crippen molar-refractivity contribution >= 4 is 17.9 Å². The normalized spacial score (nSPS) is 12.7. The van der Waals surface area contributed by atoms with Gasteiger partial charge in [-0.15, -0.1) is 0 Å². The minimum atomic E-state index is -0.772. The van der Waals surface area contributed by atoms with Crippen LogP contribution in [0.3, 0.4) is 0 Å². The van der Waals surface area contributed by atoms with E-state index in [-0.39, 0.29) is 31.1 Å². The molecule has 0 N–H and O–H groups in total. The quantitative estimate of drug-likeness (QED) is 0.0261. The van der Waals surface area contributed by atoms with Crippen molar-refractivity contribution in [2.45, 2.75) is 303 Å².